The first-order valence-electron chi connectivity index (χ1n) is 9.45. The van der Waals surface area contributed by atoms with Crippen molar-refractivity contribution in [2.75, 3.05) is 38.2 Å². The predicted octanol–water partition coefficient (Wildman–Crippen LogP) is 3.84. The van der Waals surface area contributed by atoms with Crippen molar-refractivity contribution in [3.8, 4) is 23.3 Å². The summed E-state index contributed by atoms with van der Waals surface area (Å²) in [7, 11) is 1.57. The molecule has 1 fully saturated rings. The van der Waals surface area contributed by atoms with E-state index in [1.165, 1.54) is 0 Å². The maximum atomic E-state index is 12.7. The Kier molecular flexibility index (Phi) is 5.59. The van der Waals surface area contributed by atoms with Gasteiger partial charge in [0.1, 0.15) is 11.8 Å². The van der Waals surface area contributed by atoms with Crippen LogP contribution >= 0.6 is 11.6 Å². The highest BCUT2D eigenvalue weighted by atomic mass is 35.5. The molecule has 30 heavy (non-hydrogen) atoms. The third kappa shape index (κ3) is 3.82. The van der Waals surface area contributed by atoms with Gasteiger partial charge in [0.25, 0.3) is 5.91 Å². The lowest BCUT2D eigenvalue weighted by Gasteiger charge is -2.34. The third-order valence-electron chi connectivity index (χ3n) is 4.98. The van der Waals surface area contributed by atoms with Gasteiger partial charge in [0, 0.05) is 36.8 Å². The van der Waals surface area contributed by atoms with E-state index in [2.05, 4.69) is 11.1 Å². The molecule has 0 radical (unpaired) electrons. The van der Waals surface area contributed by atoms with Crippen LogP contribution in [0.5, 0.6) is 5.75 Å². The van der Waals surface area contributed by atoms with Crippen molar-refractivity contribution < 1.29 is 13.9 Å². The van der Waals surface area contributed by atoms with Crippen molar-refractivity contribution >= 4 is 23.4 Å². The van der Waals surface area contributed by atoms with Crippen molar-refractivity contribution in [2.45, 2.75) is 0 Å². The van der Waals surface area contributed by atoms with Gasteiger partial charge >= 0.3 is 0 Å². The fourth-order valence-corrected chi connectivity index (χ4v) is 3.64. The zero-order valence-electron chi connectivity index (χ0n) is 16.3. The number of carbonyl (C=O) groups excluding carboxylic acids is 1. The fourth-order valence-electron chi connectivity index (χ4n) is 3.45. The van der Waals surface area contributed by atoms with Crippen LogP contribution in [-0.4, -0.2) is 49.1 Å². The number of carbonyl (C=O) groups is 1. The standard InChI is InChI=1S/C22H19ClN4O3/c1-29-19-8-3-2-7-17(19)20-25-18(14-24)22(30-20)27-11-9-26(10-12-27)21(28)15-5-4-6-16(23)13-15/h2-8,13H,9-12H2,1H3. The molecule has 7 nitrogen and oxygen atoms in total. The Morgan fingerprint density at radius 1 is 1.17 bits per heavy atom. The molecule has 1 amide bonds. The number of aromatic nitrogens is 1. The molecule has 0 atom stereocenters. The number of nitrogens with zero attached hydrogens (tertiary/aromatic N) is 4. The Morgan fingerprint density at radius 2 is 1.93 bits per heavy atom. The maximum Gasteiger partial charge on any atom is 0.254 e. The van der Waals surface area contributed by atoms with Crippen LogP contribution in [0, 0.1) is 11.3 Å². The van der Waals surface area contributed by atoms with Gasteiger partial charge in [0.15, 0.2) is 0 Å². The number of anilines is 1. The number of ether oxygens (including phenoxy) is 1. The molecule has 1 aliphatic rings. The van der Waals surface area contributed by atoms with Crippen LogP contribution in [0.3, 0.4) is 0 Å². The largest absolute Gasteiger partial charge is 0.496 e. The maximum absolute atomic E-state index is 12.7. The Hall–Kier alpha value is -3.50. The van der Waals surface area contributed by atoms with E-state index in [0.717, 1.165) is 0 Å². The summed E-state index contributed by atoms with van der Waals surface area (Å²) < 4.78 is 11.3. The summed E-state index contributed by atoms with van der Waals surface area (Å²) in [5.41, 5.74) is 1.45. The van der Waals surface area contributed by atoms with Crippen molar-refractivity contribution in [3.63, 3.8) is 0 Å². The molecule has 1 aromatic heterocycles. The number of nitriles is 1. The molecule has 2 heterocycles. The second-order valence-electron chi connectivity index (χ2n) is 6.77. The van der Waals surface area contributed by atoms with Crippen LogP contribution < -0.4 is 9.64 Å². The Labute approximate surface area is 179 Å². The molecule has 0 bridgehead atoms. The molecule has 2 aromatic carbocycles. The summed E-state index contributed by atoms with van der Waals surface area (Å²) in [6, 6.07) is 16.4. The molecule has 0 spiro atoms. The van der Waals surface area contributed by atoms with E-state index in [1.54, 1.807) is 36.3 Å². The summed E-state index contributed by atoms with van der Waals surface area (Å²) >= 11 is 6.00. The molecule has 0 N–H and O–H groups in total. The number of amides is 1. The number of benzene rings is 2. The number of hydrogen-bond donors (Lipinski definition) is 0. The first-order valence-corrected chi connectivity index (χ1v) is 9.82. The monoisotopic (exact) mass is 422 g/mol. The lowest BCUT2D eigenvalue weighted by Crippen LogP contribution is -2.48. The average molecular weight is 423 g/mol. The molecule has 0 saturated carbocycles. The van der Waals surface area contributed by atoms with Gasteiger partial charge in [0.05, 0.1) is 12.7 Å². The number of piperazine rings is 1. The quantitative estimate of drug-likeness (QED) is 0.635. The number of hydrogen-bond acceptors (Lipinski definition) is 6. The molecule has 0 unspecified atom stereocenters. The summed E-state index contributed by atoms with van der Waals surface area (Å²) in [4.78, 5) is 20.8. The summed E-state index contributed by atoms with van der Waals surface area (Å²) in [5.74, 6) is 1.29. The fraction of sp³-hybridized carbons (Fsp3) is 0.227. The Balaban J connectivity index is 1.52. The van der Waals surface area contributed by atoms with Crippen LogP contribution in [0.2, 0.25) is 5.02 Å². The predicted molar refractivity (Wildman–Crippen MR) is 113 cm³/mol. The highest BCUT2D eigenvalue weighted by Crippen LogP contribution is 2.33. The first kappa shape index (κ1) is 19.8. The first-order chi connectivity index (χ1) is 14.6. The van der Waals surface area contributed by atoms with Crippen LogP contribution in [0.1, 0.15) is 16.1 Å². The smallest absolute Gasteiger partial charge is 0.254 e. The minimum absolute atomic E-state index is 0.0649. The molecular weight excluding hydrogens is 404 g/mol. The molecule has 152 valence electrons. The zero-order valence-corrected chi connectivity index (χ0v) is 17.1. The molecule has 8 heteroatoms. The molecule has 3 aromatic rings. The highest BCUT2D eigenvalue weighted by Gasteiger charge is 2.27. The number of methoxy groups -OCH3 is 1. The van der Waals surface area contributed by atoms with Gasteiger partial charge in [-0.3, -0.25) is 4.79 Å². The van der Waals surface area contributed by atoms with Crippen molar-refractivity contribution in [1.82, 2.24) is 9.88 Å². The van der Waals surface area contributed by atoms with E-state index in [0.29, 0.717) is 59.9 Å². The lowest BCUT2D eigenvalue weighted by molar-refractivity contribution is 0.0745. The highest BCUT2D eigenvalue weighted by molar-refractivity contribution is 6.30. The Morgan fingerprint density at radius 3 is 2.63 bits per heavy atom. The minimum atomic E-state index is -0.0649. The third-order valence-corrected chi connectivity index (χ3v) is 5.21. The average Bonchev–Trinajstić information content (AvgIpc) is 3.23. The van der Waals surface area contributed by atoms with E-state index >= 15 is 0 Å². The van der Waals surface area contributed by atoms with E-state index in [4.69, 9.17) is 20.8 Å². The number of rotatable bonds is 4. The molecule has 1 aliphatic heterocycles. The van der Waals surface area contributed by atoms with Crippen molar-refractivity contribution in [3.05, 3.63) is 64.8 Å². The van der Waals surface area contributed by atoms with Gasteiger partial charge in [0.2, 0.25) is 17.5 Å². The van der Waals surface area contributed by atoms with E-state index in [-0.39, 0.29) is 11.6 Å². The minimum Gasteiger partial charge on any atom is -0.496 e. The molecule has 4 rings (SSSR count). The van der Waals surface area contributed by atoms with E-state index < -0.39 is 0 Å². The van der Waals surface area contributed by atoms with Gasteiger partial charge in [-0.25, -0.2) is 0 Å². The molecule has 1 saturated heterocycles. The normalized spacial score (nSPS) is 13.8. The van der Waals surface area contributed by atoms with Gasteiger partial charge < -0.3 is 19.0 Å². The molecular formula is C22H19ClN4O3. The van der Waals surface area contributed by atoms with E-state index in [9.17, 15) is 10.1 Å². The van der Waals surface area contributed by atoms with Gasteiger partial charge in [-0.2, -0.15) is 10.2 Å². The van der Waals surface area contributed by atoms with Crippen LogP contribution in [0.25, 0.3) is 11.5 Å². The van der Waals surface area contributed by atoms with Gasteiger partial charge in [-0.1, -0.05) is 29.8 Å². The Bertz CT molecular complexity index is 1110. The summed E-state index contributed by atoms with van der Waals surface area (Å²) in [6.45, 7) is 2.06. The van der Waals surface area contributed by atoms with Crippen LogP contribution in [0.15, 0.2) is 52.9 Å². The zero-order chi connectivity index (χ0) is 21.1. The topological polar surface area (TPSA) is 82.6 Å². The number of oxazole rings is 1. The van der Waals surface area contributed by atoms with Crippen LogP contribution in [-0.2, 0) is 0 Å². The molecule has 0 aliphatic carbocycles. The SMILES string of the molecule is COc1ccccc1-c1nc(C#N)c(N2CCN(C(=O)c3cccc(Cl)c3)CC2)o1. The number of halogens is 1. The second kappa shape index (κ2) is 8.47. The number of para-hydroxylation sites is 1. The summed E-state index contributed by atoms with van der Waals surface area (Å²) in [5, 5.41) is 10.1. The van der Waals surface area contributed by atoms with E-state index in [1.807, 2.05) is 29.2 Å². The van der Waals surface area contributed by atoms with Crippen molar-refractivity contribution in [2.24, 2.45) is 0 Å². The van der Waals surface area contributed by atoms with Crippen molar-refractivity contribution in [1.29, 1.82) is 5.26 Å². The lowest BCUT2D eigenvalue weighted by atomic mass is 10.2. The van der Waals surface area contributed by atoms with Crippen LogP contribution in [0.4, 0.5) is 5.88 Å². The van der Waals surface area contributed by atoms with Gasteiger partial charge in [-0.15, -0.1) is 0 Å². The van der Waals surface area contributed by atoms with Gasteiger partial charge in [-0.05, 0) is 30.3 Å². The second-order valence-corrected chi connectivity index (χ2v) is 7.21. The summed E-state index contributed by atoms with van der Waals surface area (Å²) in [6.07, 6.45) is 0.